The van der Waals surface area contributed by atoms with E-state index in [4.69, 9.17) is 10.5 Å². The molecule has 0 radical (unpaired) electrons. The highest BCUT2D eigenvalue weighted by Gasteiger charge is 2.14. The van der Waals surface area contributed by atoms with Crippen molar-refractivity contribution in [2.24, 2.45) is 0 Å². The lowest BCUT2D eigenvalue weighted by Crippen LogP contribution is -2.38. The Bertz CT molecular complexity index is 540. The van der Waals surface area contributed by atoms with Crippen molar-refractivity contribution in [3.05, 3.63) is 29.8 Å². The van der Waals surface area contributed by atoms with Crippen LogP contribution in [0.2, 0.25) is 0 Å². The lowest BCUT2D eigenvalue weighted by Gasteiger charge is -2.24. The van der Waals surface area contributed by atoms with Crippen LogP contribution in [0.5, 0.6) is 0 Å². The van der Waals surface area contributed by atoms with E-state index in [-0.39, 0.29) is 18.5 Å². The monoisotopic (exact) mass is 270 g/mol. The van der Waals surface area contributed by atoms with Crippen LogP contribution < -0.4 is 5.32 Å². The number of benzene rings is 1. The van der Waals surface area contributed by atoms with Gasteiger partial charge in [0.25, 0.3) is 0 Å². The first-order chi connectivity index (χ1) is 9.58. The molecule has 0 spiro atoms. The summed E-state index contributed by atoms with van der Waals surface area (Å²) < 4.78 is 0. The van der Waals surface area contributed by atoms with Crippen LogP contribution in [-0.2, 0) is 4.79 Å². The van der Waals surface area contributed by atoms with Crippen LogP contribution in [0.1, 0.15) is 25.8 Å². The molecule has 1 rings (SSSR count). The SMILES string of the molecule is CC(C)N(CCC#N)CC(=O)Nc1ccccc1C#N. The first kappa shape index (κ1) is 15.7. The minimum absolute atomic E-state index is 0.181. The van der Waals surface area contributed by atoms with Gasteiger partial charge in [-0.1, -0.05) is 12.1 Å². The molecule has 1 amide bonds. The number of nitrogens with zero attached hydrogens (tertiary/aromatic N) is 3. The summed E-state index contributed by atoms with van der Waals surface area (Å²) in [7, 11) is 0. The van der Waals surface area contributed by atoms with Gasteiger partial charge in [0.1, 0.15) is 6.07 Å². The van der Waals surface area contributed by atoms with Crippen molar-refractivity contribution in [2.45, 2.75) is 26.3 Å². The second kappa shape index (κ2) is 7.93. The van der Waals surface area contributed by atoms with Crippen LogP contribution in [0.4, 0.5) is 5.69 Å². The molecule has 5 heteroatoms. The molecule has 0 atom stereocenters. The molecule has 0 aliphatic rings. The number of anilines is 1. The van der Waals surface area contributed by atoms with E-state index in [1.54, 1.807) is 24.3 Å². The van der Waals surface area contributed by atoms with Crippen LogP contribution >= 0.6 is 0 Å². The van der Waals surface area contributed by atoms with Crippen molar-refractivity contribution in [1.29, 1.82) is 10.5 Å². The fraction of sp³-hybridized carbons (Fsp3) is 0.400. The first-order valence-electron chi connectivity index (χ1n) is 6.48. The molecule has 0 unspecified atom stereocenters. The molecule has 0 saturated heterocycles. The fourth-order valence-corrected chi connectivity index (χ4v) is 1.78. The Morgan fingerprint density at radius 3 is 2.65 bits per heavy atom. The molecule has 5 nitrogen and oxygen atoms in total. The topological polar surface area (TPSA) is 79.9 Å². The molecule has 104 valence electrons. The molecule has 0 aliphatic carbocycles. The minimum atomic E-state index is -0.181. The third-order valence-corrected chi connectivity index (χ3v) is 2.91. The maximum absolute atomic E-state index is 12.0. The molecule has 1 aromatic rings. The average molecular weight is 270 g/mol. The van der Waals surface area contributed by atoms with Crippen molar-refractivity contribution in [3.63, 3.8) is 0 Å². The number of rotatable bonds is 6. The summed E-state index contributed by atoms with van der Waals surface area (Å²) in [6.45, 7) is 4.72. The normalized spacial score (nSPS) is 10.1. The minimum Gasteiger partial charge on any atom is -0.324 e. The van der Waals surface area contributed by atoms with E-state index in [0.29, 0.717) is 24.2 Å². The zero-order valence-electron chi connectivity index (χ0n) is 11.8. The predicted octanol–water partition coefficient (Wildman–Crippen LogP) is 2.12. The molecule has 1 aromatic carbocycles. The van der Waals surface area contributed by atoms with Crippen LogP contribution in [0.25, 0.3) is 0 Å². The summed E-state index contributed by atoms with van der Waals surface area (Å²) >= 11 is 0. The highest BCUT2D eigenvalue weighted by Crippen LogP contribution is 2.13. The van der Waals surface area contributed by atoms with Gasteiger partial charge in [-0.05, 0) is 26.0 Å². The maximum atomic E-state index is 12.0. The van der Waals surface area contributed by atoms with Gasteiger partial charge in [-0.3, -0.25) is 9.69 Å². The smallest absolute Gasteiger partial charge is 0.238 e. The number of carbonyl (C=O) groups is 1. The number of carbonyl (C=O) groups excluding carboxylic acids is 1. The third kappa shape index (κ3) is 4.72. The summed E-state index contributed by atoms with van der Waals surface area (Å²) in [5, 5.41) is 20.3. The largest absolute Gasteiger partial charge is 0.324 e. The van der Waals surface area contributed by atoms with Crippen molar-refractivity contribution in [2.75, 3.05) is 18.4 Å². The number of nitriles is 2. The predicted molar refractivity (Wildman–Crippen MR) is 76.7 cm³/mol. The molecule has 0 aromatic heterocycles. The Kier molecular flexibility index (Phi) is 6.22. The van der Waals surface area contributed by atoms with Gasteiger partial charge in [-0.15, -0.1) is 0 Å². The van der Waals surface area contributed by atoms with Crippen molar-refractivity contribution >= 4 is 11.6 Å². The molecule has 20 heavy (non-hydrogen) atoms. The Morgan fingerprint density at radius 1 is 1.35 bits per heavy atom. The molecular formula is C15H18N4O. The Balaban J connectivity index is 2.67. The van der Waals surface area contributed by atoms with E-state index >= 15 is 0 Å². The molecule has 1 N–H and O–H groups in total. The lowest BCUT2D eigenvalue weighted by molar-refractivity contribution is -0.117. The Morgan fingerprint density at radius 2 is 2.05 bits per heavy atom. The quantitative estimate of drug-likeness (QED) is 0.858. The van der Waals surface area contributed by atoms with Gasteiger partial charge in [-0.25, -0.2) is 0 Å². The summed E-state index contributed by atoms with van der Waals surface area (Å²) in [4.78, 5) is 13.9. The fourth-order valence-electron chi connectivity index (χ4n) is 1.78. The third-order valence-electron chi connectivity index (χ3n) is 2.91. The van der Waals surface area contributed by atoms with Crippen molar-refractivity contribution in [1.82, 2.24) is 4.90 Å². The molecule has 0 saturated carbocycles. The first-order valence-corrected chi connectivity index (χ1v) is 6.48. The van der Waals surface area contributed by atoms with Gasteiger partial charge in [0.15, 0.2) is 0 Å². The number of nitrogens with one attached hydrogen (secondary N) is 1. The van der Waals surface area contributed by atoms with Gasteiger partial charge < -0.3 is 5.32 Å². The van der Waals surface area contributed by atoms with E-state index in [9.17, 15) is 4.79 Å². The van der Waals surface area contributed by atoms with Gasteiger partial charge in [0, 0.05) is 19.0 Å². The zero-order chi connectivity index (χ0) is 15.0. The Hall–Kier alpha value is -2.37. The van der Waals surface area contributed by atoms with Gasteiger partial charge in [-0.2, -0.15) is 10.5 Å². The molecular weight excluding hydrogens is 252 g/mol. The number of hydrogen-bond acceptors (Lipinski definition) is 4. The number of amides is 1. The standard InChI is InChI=1S/C15H18N4O/c1-12(2)19(9-5-8-16)11-15(20)18-14-7-4-3-6-13(14)10-17/h3-4,6-7,12H,5,9,11H2,1-2H3,(H,18,20). The van der Waals surface area contributed by atoms with E-state index < -0.39 is 0 Å². The maximum Gasteiger partial charge on any atom is 0.238 e. The second-order valence-electron chi connectivity index (χ2n) is 4.68. The summed E-state index contributed by atoms with van der Waals surface area (Å²) in [6, 6.07) is 11.2. The van der Waals surface area contributed by atoms with Crippen LogP contribution in [0.3, 0.4) is 0 Å². The van der Waals surface area contributed by atoms with E-state index in [1.165, 1.54) is 0 Å². The van der Waals surface area contributed by atoms with Crippen molar-refractivity contribution in [3.8, 4) is 12.1 Å². The van der Waals surface area contributed by atoms with Gasteiger partial charge in [0.05, 0.1) is 23.9 Å². The number of para-hydroxylation sites is 1. The van der Waals surface area contributed by atoms with E-state index in [2.05, 4.69) is 11.4 Å². The van der Waals surface area contributed by atoms with Crippen molar-refractivity contribution < 1.29 is 4.79 Å². The van der Waals surface area contributed by atoms with Gasteiger partial charge in [0.2, 0.25) is 5.91 Å². The van der Waals surface area contributed by atoms with Gasteiger partial charge >= 0.3 is 0 Å². The molecule has 0 aliphatic heterocycles. The highest BCUT2D eigenvalue weighted by molar-refractivity contribution is 5.93. The summed E-state index contributed by atoms with van der Waals surface area (Å²) in [5.41, 5.74) is 0.956. The average Bonchev–Trinajstić information content (AvgIpc) is 2.43. The summed E-state index contributed by atoms with van der Waals surface area (Å²) in [6.07, 6.45) is 0.389. The number of hydrogen-bond donors (Lipinski definition) is 1. The molecule has 0 fully saturated rings. The zero-order valence-corrected chi connectivity index (χ0v) is 11.8. The second-order valence-corrected chi connectivity index (χ2v) is 4.68. The van der Waals surface area contributed by atoms with E-state index in [1.807, 2.05) is 24.8 Å². The molecule has 0 heterocycles. The molecule has 0 bridgehead atoms. The summed E-state index contributed by atoms with van der Waals surface area (Å²) in [5.74, 6) is -0.181. The highest BCUT2D eigenvalue weighted by atomic mass is 16.2. The van der Waals surface area contributed by atoms with Crippen LogP contribution in [-0.4, -0.2) is 29.9 Å². The lowest BCUT2D eigenvalue weighted by atomic mass is 10.2. The van der Waals surface area contributed by atoms with E-state index in [0.717, 1.165) is 0 Å². The van der Waals surface area contributed by atoms with Crippen LogP contribution in [0.15, 0.2) is 24.3 Å². The Labute approximate surface area is 119 Å². The van der Waals surface area contributed by atoms with Crippen LogP contribution in [0, 0.1) is 22.7 Å².